The number of esters is 1. The van der Waals surface area contributed by atoms with E-state index in [9.17, 15) is 4.79 Å². The number of aromatic nitrogens is 1. The van der Waals surface area contributed by atoms with E-state index in [-0.39, 0.29) is 5.97 Å². The van der Waals surface area contributed by atoms with Crippen LogP contribution in [0.5, 0.6) is 0 Å². The van der Waals surface area contributed by atoms with Crippen molar-refractivity contribution < 1.29 is 9.53 Å². The van der Waals surface area contributed by atoms with Gasteiger partial charge in [-0.1, -0.05) is 0 Å². The number of nitrogens with zero attached hydrogens (tertiary/aromatic N) is 2. The van der Waals surface area contributed by atoms with E-state index in [1.165, 1.54) is 4.88 Å². The summed E-state index contributed by atoms with van der Waals surface area (Å²) < 4.78 is 4.90. The molecule has 0 amide bonds. The van der Waals surface area contributed by atoms with Gasteiger partial charge < -0.3 is 15.4 Å². The third-order valence-electron chi connectivity index (χ3n) is 2.88. The molecule has 0 atom stereocenters. The third-order valence-corrected chi connectivity index (χ3v) is 3.94. The van der Waals surface area contributed by atoms with Crippen LogP contribution in [-0.4, -0.2) is 36.6 Å². The summed E-state index contributed by atoms with van der Waals surface area (Å²) in [4.78, 5) is 21.4. The normalized spacial score (nSPS) is 11.4. The van der Waals surface area contributed by atoms with Crippen LogP contribution in [0.2, 0.25) is 0 Å². The summed E-state index contributed by atoms with van der Waals surface area (Å²) in [6, 6.07) is 0. The maximum atomic E-state index is 11.3. The number of guanidine groups is 1. The third kappa shape index (κ3) is 6.89. The van der Waals surface area contributed by atoms with Crippen LogP contribution in [0.4, 0.5) is 0 Å². The fraction of sp³-hybridized carbons (Fsp3) is 0.667. The van der Waals surface area contributed by atoms with Crippen LogP contribution in [0, 0.1) is 13.8 Å². The van der Waals surface area contributed by atoms with Gasteiger partial charge >= 0.3 is 5.97 Å². The molecule has 6 nitrogen and oxygen atoms in total. The molecule has 1 aromatic heterocycles. The molecule has 0 aliphatic carbocycles. The van der Waals surface area contributed by atoms with Crippen molar-refractivity contribution in [2.24, 2.45) is 4.99 Å². The molecule has 0 fully saturated rings. The topological polar surface area (TPSA) is 75.6 Å². The Hall–Kier alpha value is -1.63. The summed E-state index contributed by atoms with van der Waals surface area (Å²) >= 11 is 1.68. The second kappa shape index (κ2) is 10.2. The van der Waals surface area contributed by atoms with Crippen LogP contribution < -0.4 is 10.6 Å². The molecule has 1 heterocycles. The highest BCUT2D eigenvalue weighted by Gasteiger charge is 2.05. The van der Waals surface area contributed by atoms with Crippen molar-refractivity contribution >= 4 is 23.3 Å². The van der Waals surface area contributed by atoms with E-state index >= 15 is 0 Å². The van der Waals surface area contributed by atoms with Gasteiger partial charge in [0.05, 0.1) is 23.9 Å². The zero-order chi connectivity index (χ0) is 16.4. The summed E-state index contributed by atoms with van der Waals surface area (Å²) in [5, 5.41) is 7.49. The Morgan fingerprint density at radius 2 is 2.09 bits per heavy atom. The summed E-state index contributed by atoms with van der Waals surface area (Å²) in [5.41, 5.74) is 1.05. The highest BCUT2D eigenvalue weighted by molar-refractivity contribution is 7.11. The van der Waals surface area contributed by atoms with Crippen molar-refractivity contribution in [3.05, 3.63) is 15.6 Å². The van der Waals surface area contributed by atoms with Crippen LogP contribution in [0.1, 0.15) is 42.3 Å². The zero-order valence-electron chi connectivity index (χ0n) is 13.9. The van der Waals surface area contributed by atoms with Gasteiger partial charge in [0.2, 0.25) is 0 Å². The second-order valence-electron chi connectivity index (χ2n) is 4.77. The number of hydrogen-bond donors (Lipinski definition) is 2. The first-order valence-electron chi connectivity index (χ1n) is 7.67. The number of hydrogen-bond acceptors (Lipinski definition) is 5. The Morgan fingerprint density at radius 1 is 1.32 bits per heavy atom. The highest BCUT2D eigenvalue weighted by Crippen LogP contribution is 2.17. The molecule has 0 unspecified atom stereocenters. The van der Waals surface area contributed by atoms with Crippen molar-refractivity contribution in [2.45, 2.75) is 47.1 Å². The first-order chi connectivity index (χ1) is 10.6. The Balaban J connectivity index is 2.42. The van der Waals surface area contributed by atoms with E-state index in [2.05, 4.69) is 20.6 Å². The van der Waals surface area contributed by atoms with Gasteiger partial charge in [0, 0.05) is 24.4 Å². The molecule has 0 saturated carbocycles. The number of rotatable bonds is 8. The summed E-state index contributed by atoms with van der Waals surface area (Å²) in [6.07, 6.45) is 1.15. The largest absolute Gasteiger partial charge is 0.466 e. The number of thiazole rings is 1. The quantitative estimate of drug-likeness (QED) is 0.331. The molecule has 0 saturated heterocycles. The lowest BCUT2D eigenvalue weighted by atomic mass is 10.3. The first-order valence-corrected chi connectivity index (χ1v) is 8.49. The fourth-order valence-electron chi connectivity index (χ4n) is 1.89. The molecule has 1 aromatic rings. The average molecular weight is 326 g/mol. The lowest BCUT2D eigenvalue weighted by molar-refractivity contribution is -0.143. The standard InChI is InChI=1S/C15H26N4O2S/c1-5-16-15(17-9-7-8-14(20)21-6-2)18-10-13-11(3)19-12(4)22-13/h5-10H2,1-4H3,(H2,16,17,18). The fourth-order valence-corrected chi connectivity index (χ4v) is 2.75. The van der Waals surface area contributed by atoms with Gasteiger partial charge in [-0.3, -0.25) is 4.79 Å². The molecule has 0 bridgehead atoms. The van der Waals surface area contributed by atoms with Crippen LogP contribution in [0.3, 0.4) is 0 Å². The van der Waals surface area contributed by atoms with Crippen molar-refractivity contribution in [1.29, 1.82) is 0 Å². The van der Waals surface area contributed by atoms with Crippen molar-refractivity contribution in [3.8, 4) is 0 Å². The van der Waals surface area contributed by atoms with E-state index in [1.54, 1.807) is 11.3 Å². The van der Waals surface area contributed by atoms with E-state index in [0.717, 1.165) is 29.6 Å². The lowest BCUT2D eigenvalue weighted by Gasteiger charge is -2.10. The molecule has 7 heteroatoms. The molecule has 1 rings (SSSR count). The Morgan fingerprint density at radius 3 is 2.68 bits per heavy atom. The van der Waals surface area contributed by atoms with Crippen LogP contribution in [0.25, 0.3) is 0 Å². The van der Waals surface area contributed by atoms with Crippen molar-refractivity contribution in [3.63, 3.8) is 0 Å². The van der Waals surface area contributed by atoms with E-state index in [0.29, 0.717) is 26.1 Å². The van der Waals surface area contributed by atoms with Crippen LogP contribution >= 0.6 is 11.3 Å². The van der Waals surface area contributed by atoms with E-state index < -0.39 is 0 Å². The zero-order valence-corrected chi connectivity index (χ0v) is 14.7. The summed E-state index contributed by atoms with van der Waals surface area (Å²) in [5.74, 6) is 0.610. The molecule has 0 spiro atoms. The summed E-state index contributed by atoms with van der Waals surface area (Å²) in [7, 11) is 0. The molecule has 0 aromatic carbocycles. The van der Waals surface area contributed by atoms with Gasteiger partial charge in [0.25, 0.3) is 0 Å². The number of ether oxygens (including phenoxy) is 1. The van der Waals surface area contributed by atoms with Gasteiger partial charge in [0.1, 0.15) is 0 Å². The maximum absolute atomic E-state index is 11.3. The molecule has 0 aliphatic rings. The van der Waals surface area contributed by atoms with Gasteiger partial charge in [-0.25, -0.2) is 9.98 Å². The SMILES string of the molecule is CCNC(=NCc1sc(C)nc1C)NCCCC(=O)OCC. The minimum absolute atomic E-state index is 0.151. The number of carbonyl (C=O) groups excluding carboxylic acids is 1. The minimum atomic E-state index is -0.151. The van der Waals surface area contributed by atoms with Gasteiger partial charge in [-0.05, 0) is 34.1 Å². The number of nitrogens with one attached hydrogen (secondary N) is 2. The average Bonchev–Trinajstić information content (AvgIpc) is 2.79. The van der Waals surface area contributed by atoms with E-state index in [4.69, 9.17) is 4.74 Å². The van der Waals surface area contributed by atoms with Crippen LogP contribution in [-0.2, 0) is 16.1 Å². The maximum Gasteiger partial charge on any atom is 0.305 e. The molecular formula is C15H26N4O2S. The Labute approximate surface area is 136 Å². The van der Waals surface area contributed by atoms with Gasteiger partial charge in [0.15, 0.2) is 5.96 Å². The number of carbonyl (C=O) groups is 1. The van der Waals surface area contributed by atoms with Gasteiger partial charge in [-0.2, -0.15) is 0 Å². The van der Waals surface area contributed by atoms with Gasteiger partial charge in [-0.15, -0.1) is 11.3 Å². The van der Waals surface area contributed by atoms with E-state index in [1.807, 2.05) is 27.7 Å². The first kappa shape index (κ1) is 18.4. The smallest absolute Gasteiger partial charge is 0.305 e. The predicted molar refractivity (Wildman–Crippen MR) is 90.3 cm³/mol. The van der Waals surface area contributed by atoms with Crippen molar-refractivity contribution in [2.75, 3.05) is 19.7 Å². The Kier molecular flexibility index (Phi) is 8.50. The Bertz CT molecular complexity index is 500. The number of aryl methyl sites for hydroxylation is 2. The molecule has 2 N–H and O–H groups in total. The molecule has 22 heavy (non-hydrogen) atoms. The van der Waals surface area contributed by atoms with Crippen LogP contribution in [0.15, 0.2) is 4.99 Å². The molecule has 124 valence electrons. The summed E-state index contributed by atoms with van der Waals surface area (Å²) in [6.45, 7) is 10.4. The lowest BCUT2D eigenvalue weighted by Crippen LogP contribution is -2.37. The van der Waals surface area contributed by atoms with Crippen molar-refractivity contribution in [1.82, 2.24) is 15.6 Å². The monoisotopic (exact) mass is 326 g/mol. The minimum Gasteiger partial charge on any atom is -0.466 e. The molecule has 0 radical (unpaired) electrons. The predicted octanol–water partition coefficient (Wildman–Crippen LogP) is 2.16. The number of aliphatic imine (C=N–C) groups is 1. The molecular weight excluding hydrogens is 300 g/mol. The highest BCUT2D eigenvalue weighted by atomic mass is 32.1. The molecule has 0 aliphatic heterocycles. The second-order valence-corrected chi connectivity index (χ2v) is 6.06.